The molecular formula is C14H13F2NO2. The van der Waals surface area contributed by atoms with Crippen LogP contribution in [-0.4, -0.2) is 17.2 Å². The van der Waals surface area contributed by atoms with Gasteiger partial charge in [0.2, 0.25) is 0 Å². The third-order valence-electron chi connectivity index (χ3n) is 2.75. The number of aromatic nitrogens is 1. The van der Waals surface area contributed by atoms with Gasteiger partial charge in [0.1, 0.15) is 17.5 Å². The number of hydrogen-bond acceptors (Lipinski definition) is 3. The van der Waals surface area contributed by atoms with E-state index in [4.69, 9.17) is 4.74 Å². The molecule has 1 atom stereocenters. The number of hydrogen-bond donors (Lipinski definition) is 1. The van der Waals surface area contributed by atoms with E-state index in [1.165, 1.54) is 19.4 Å². The summed E-state index contributed by atoms with van der Waals surface area (Å²) in [5, 5.41) is 10.1. The minimum absolute atomic E-state index is 0.130. The van der Waals surface area contributed by atoms with E-state index in [0.29, 0.717) is 17.0 Å². The van der Waals surface area contributed by atoms with Gasteiger partial charge in [-0.25, -0.2) is 8.78 Å². The van der Waals surface area contributed by atoms with E-state index in [1.807, 2.05) is 0 Å². The van der Waals surface area contributed by atoms with Gasteiger partial charge in [-0.3, -0.25) is 4.98 Å². The number of methoxy groups -OCH3 is 1. The summed E-state index contributed by atoms with van der Waals surface area (Å²) in [4.78, 5) is 4.04. The number of pyridine rings is 1. The van der Waals surface area contributed by atoms with Crippen molar-refractivity contribution in [1.82, 2.24) is 4.98 Å². The third kappa shape index (κ3) is 3.06. The first-order chi connectivity index (χ1) is 9.11. The fourth-order valence-electron chi connectivity index (χ4n) is 1.81. The molecule has 0 spiro atoms. The summed E-state index contributed by atoms with van der Waals surface area (Å²) in [5.74, 6) is -1.39. The topological polar surface area (TPSA) is 42.4 Å². The molecule has 2 aromatic rings. The Kier molecular flexibility index (Phi) is 4.06. The number of aliphatic hydroxyl groups excluding tert-OH is 1. The maximum absolute atomic E-state index is 13.1. The average molecular weight is 265 g/mol. The van der Waals surface area contributed by atoms with Crippen LogP contribution in [0.3, 0.4) is 0 Å². The number of benzene rings is 1. The van der Waals surface area contributed by atoms with Crippen LogP contribution in [0.2, 0.25) is 0 Å². The van der Waals surface area contributed by atoms with Gasteiger partial charge in [-0.15, -0.1) is 0 Å². The molecule has 0 radical (unpaired) electrons. The molecule has 0 saturated carbocycles. The second-order valence-electron chi connectivity index (χ2n) is 4.06. The van der Waals surface area contributed by atoms with Crippen LogP contribution in [-0.2, 0) is 6.42 Å². The van der Waals surface area contributed by atoms with Crippen molar-refractivity contribution < 1.29 is 18.6 Å². The van der Waals surface area contributed by atoms with Gasteiger partial charge in [-0.05, 0) is 29.8 Å². The van der Waals surface area contributed by atoms with Crippen molar-refractivity contribution >= 4 is 0 Å². The Hall–Kier alpha value is -2.01. The second kappa shape index (κ2) is 5.75. The number of halogens is 2. The molecule has 0 bridgehead atoms. The van der Waals surface area contributed by atoms with Gasteiger partial charge in [0.25, 0.3) is 0 Å². The van der Waals surface area contributed by atoms with Crippen LogP contribution >= 0.6 is 0 Å². The van der Waals surface area contributed by atoms with E-state index in [2.05, 4.69) is 4.98 Å². The van der Waals surface area contributed by atoms with Crippen LogP contribution < -0.4 is 4.74 Å². The molecule has 0 fully saturated rings. The van der Waals surface area contributed by atoms with Crippen molar-refractivity contribution in [3.05, 3.63) is 59.4 Å². The van der Waals surface area contributed by atoms with Gasteiger partial charge in [-0.1, -0.05) is 6.07 Å². The van der Waals surface area contributed by atoms with Gasteiger partial charge in [-0.2, -0.15) is 0 Å². The molecule has 1 N–H and O–H groups in total. The quantitative estimate of drug-likeness (QED) is 0.924. The van der Waals surface area contributed by atoms with Crippen molar-refractivity contribution in [2.45, 2.75) is 12.5 Å². The van der Waals surface area contributed by atoms with Crippen molar-refractivity contribution in [3.8, 4) is 5.75 Å². The minimum atomic E-state index is -0.944. The SMILES string of the molecule is COc1cccnc1C(O)Cc1ccc(F)c(F)c1. The molecule has 0 aliphatic carbocycles. The molecule has 5 heteroatoms. The smallest absolute Gasteiger partial charge is 0.159 e. The normalized spacial score (nSPS) is 12.2. The predicted octanol–water partition coefficient (Wildman–Crippen LogP) is 2.64. The van der Waals surface area contributed by atoms with Crippen molar-refractivity contribution in [1.29, 1.82) is 0 Å². The Balaban J connectivity index is 2.20. The summed E-state index contributed by atoms with van der Waals surface area (Å²) >= 11 is 0. The van der Waals surface area contributed by atoms with E-state index < -0.39 is 17.7 Å². The Morgan fingerprint density at radius 3 is 2.74 bits per heavy atom. The van der Waals surface area contributed by atoms with E-state index in [1.54, 1.807) is 12.1 Å². The molecule has 100 valence electrons. The summed E-state index contributed by atoms with van der Waals surface area (Å²) in [6.07, 6.45) is 0.720. The van der Waals surface area contributed by atoms with E-state index in [-0.39, 0.29) is 6.42 Å². The lowest BCUT2D eigenvalue weighted by atomic mass is 10.0. The molecule has 0 amide bonds. The summed E-state index contributed by atoms with van der Waals surface area (Å²) in [6.45, 7) is 0. The van der Waals surface area contributed by atoms with Crippen LogP contribution in [0.25, 0.3) is 0 Å². The zero-order valence-corrected chi connectivity index (χ0v) is 10.3. The molecule has 0 aliphatic heterocycles. The molecule has 1 aromatic carbocycles. The molecule has 19 heavy (non-hydrogen) atoms. The van der Waals surface area contributed by atoms with Crippen LogP contribution in [0.4, 0.5) is 8.78 Å². The molecule has 1 heterocycles. The van der Waals surface area contributed by atoms with Gasteiger partial charge in [0, 0.05) is 12.6 Å². The second-order valence-corrected chi connectivity index (χ2v) is 4.06. The van der Waals surface area contributed by atoms with Crippen LogP contribution in [0, 0.1) is 11.6 Å². The maximum atomic E-state index is 13.1. The molecule has 1 unspecified atom stereocenters. The minimum Gasteiger partial charge on any atom is -0.495 e. The first kappa shape index (κ1) is 13.4. The first-order valence-corrected chi connectivity index (χ1v) is 5.72. The molecule has 1 aromatic heterocycles. The lowest BCUT2D eigenvalue weighted by Gasteiger charge is -2.13. The number of aliphatic hydroxyl groups is 1. The Bertz CT molecular complexity index is 575. The summed E-state index contributed by atoms with van der Waals surface area (Å²) in [5.41, 5.74) is 0.855. The van der Waals surface area contributed by atoms with Gasteiger partial charge in [0.15, 0.2) is 11.6 Å². The number of rotatable bonds is 4. The largest absolute Gasteiger partial charge is 0.495 e. The molecule has 2 rings (SSSR count). The highest BCUT2D eigenvalue weighted by molar-refractivity contribution is 5.30. The van der Waals surface area contributed by atoms with Crippen molar-refractivity contribution in [2.75, 3.05) is 7.11 Å². The lowest BCUT2D eigenvalue weighted by Crippen LogP contribution is -2.06. The highest BCUT2D eigenvalue weighted by Crippen LogP contribution is 2.25. The summed E-state index contributed by atoms with van der Waals surface area (Å²) < 4.78 is 31.0. The Morgan fingerprint density at radius 1 is 1.26 bits per heavy atom. The van der Waals surface area contributed by atoms with Gasteiger partial charge >= 0.3 is 0 Å². The fourth-order valence-corrected chi connectivity index (χ4v) is 1.81. The number of ether oxygens (including phenoxy) is 1. The van der Waals surface area contributed by atoms with Crippen LogP contribution in [0.15, 0.2) is 36.5 Å². The molecule has 3 nitrogen and oxygen atoms in total. The van der Waals surface area contributed by atoms with Crippen molar-refractivity contribution in [2.24, 2.45) is 0 Å². The van der Waals surface area contributed by atoms with E-state index >= 15 is 0 Å². The zero-order valence-electron chi connectivity index (χ0n) is 10.3. The highest BCUT2D eigenvalue weighted by atomic mass is 19.2. The lowest BCUT2D eigenvalue weighted by molar-refractivity contribution is 0.168. The van der Waals surface area contributed by atoms with Gasteiger partial charge in [0.05, 0.1) is 7.11 Å². The Labute approximate surface area is 109 Å². The molecular weight excluding hydrogens is 252 g/mol. The number of nitrogens with zero attached hydrogens (tertiary/aromatic N) is 1. The maximum Gasteiger partial charge on any atom is 0.159 e. The standard InChI is InChI=1S/C14H13F2NO2/c1-19-13-3-2-6-17-14(13)12(18)8-9-4-5-10(15)11(16)7-9/h2-7,12,18H,8H2,1H3. The monoisotopic (exact) mass is 265 g/mol. The summed E-state index contributed by atoms with van der Waals surface area (Å²) in [7, 11) is 1.48. The molecule has 0 saturated heterocycles. The van der Waals surface area contributed by atoms with E-state index in [9.17, 15) is 13.9 Å². The highest BCUT2D eigenvalue weighted by Gasteiger charge is 2.16. The Morgan fingerprint density at radius 2 is 2.05 bits per heavy atom. The first-order valence-electron chi connectivity index (χ1n) is 5.72. The predicted molar refractivity (Wildman–Crippen MR) is 65.8 cm³/mol. The van der Waals surface area contributed by atoms with Crippen molar-refractivity contribution in [3.63, 3.8) is 0 Å². The zero-order chi connectivity index (χ0) is 13.8. The third-order valence-corrected chi connectivity index (χ3v) is 2.75. The van der Waals surface area contributed by atoms with Gasteiger partial charge < -0.3 is 9.84 Å². The summed E-state index contributed by atoms with van der Waals surface area (Å²) in [6, 6.07) is 6.89. The average Bonchev–Trinajstić information content (AvgIpc) is 2.43. The van der Waals surface area contributed by atoms with Crippen LogP contribution in [0.5, 0.6) is 5.75 Å². The fraction of sp³-hybridized carbons (Fsp3) is 0.214. The molecule has 0 aliphatic rings. The van der Waals surface area contributed by atoms with E-state index in [0.717, 1.165) is 12.1 Å². The van der Waals surface area contributed by atoms with Crippen LogP contribution in [0.1, 0.15) is 17.4 Å².